The molecule has 1 saturated carbocycles. The Morgan fingerprint density at radius 3 is 2.30 bits per heavy atom. The van der Waals surface area contributed by atoms with E-state index in [0.717, 1.165) is 25.7 Å². The largest absolute Gasteiger partial charge is 0.483 e. The monoisotopic (exact) mass is 366 g/mol. The zero-order valence-electron chi connectivity index (χ0n) is 15.4. The SMILES string of the molecule is O=C(COc1ccccc1C(=O)Nc1ccccc1)NC1CCCCCC1. The van der Waals surface area contributed by atoms with E-state index in [2.05, 4.69) is 10.6 Å². The fourth-order valence-corrected chi connectivity index (χ4v) is 3.34. The van der Waals surface area contributed by atoms with Crippen molar-refractivity contribution in [1.82, 2.24) is 5.32 Å². The fourth-order valence-electron chi connectivity index (χ4n) is 3.34. The van der Waals surface area contributed by atoms with Gasteiger partial charge in [-0.3, -0.25) is 9.59 Å². The van der Waals surface area contributed by atoms with Crippen molar-refractivity contribution in [2.45, 2.75) is 44.6 Å². The number of hydrogen-bond acceptors (Lipinski definition) is 3. The van der Waals surface area contributed by atoms with Crippen molar-refractivity contribution < 1.29 is 14.3 Å². The lowest BCUT2D eigenvalue weighted by atomic mass is 10.1. The number of anilines is 1. The molecule has 1 fully saturated rings. The topological polar surface area (TPSA) is 67.4 Å². The van der Waals surface area contributed by atoms with Gasteiger partial charge in [-0.1, -0.05) is 56.0 Å². The lowest BCUT2D eigenvalue weighted by Gasteiger charge is -2.17. The summed E-state index contributed by atoms with van der Waals surface area (Å²) in [4.78, 5) is 24.8. The molecule has 0 spiro atoms. The number of ether oxygens (including phenoxy) is 1. The van der Waals surface area contributed by atoms with Gasteiger partial charge in [0.25, 0.3) is 11.8 Å². The third-order valence-corrected chi connectivity index (χ3v) is 4.74. The van der Waals surface area contributed by atoms with E-state index in [1.165, 1.54) is 12.8 Å². The van der Waals surface area contributed by atoms with Crippen molar-refractivity contribution in [2.24, 2.45) is 0 Å². The van der Waals surface area contributed by atoms with E-state index in [0.29, 0.717) is 17.0 Å². The summed E-state index contributed by atoms with van der Waals surface area (Å²) in [6.07, 6.45) is 6.87. The maximum absolute atomic E-state index is 12.5. The predicted octanol–water partition coefficient (Wildman–Crippen LogP) is 4.16. The molecule has 0 aromatic heterocycles. The van der Waals surface area contributed by atoms with Gasteiger partial charge in [0.2, 0.25) is 0 Å². The summed E-state index contributed by atoms with van der Waals surface area (Å²) in [5.74, 6) is 0.00287. The summed E-state index contributed by atoms with van der Waals surface area (Å²) >= 11 is 0. The lowest BCUT2D eigenvalue weighted by molar-refractivity contribution is -0.123. The van der Waals surface area contributed by atoms with Crippen LogP contribution in [0.25, 0.3) is 0 Å². The number of carbonyl (C=O) groups is 2. The molecule has 1 aliphatic rings. The maximum atomic E-state index is 12.5. The van der Waals surface area contributed by atoms with E-state index in [4.69, 9.17) is 4.74 Å². The zero-order chi connectivity index (χ0) is 18.9. The number of benzene rings is 2. The summed E-state index contributed by atoms with van der Waals surface area (Å²) in [7, 11) is 0. The Labute approximate surface area is 160 Å². The second-order valence-electron chi connectivity index (χ2n) is 6.86. The van der Waals surface area contributed by atoms with Gasteiger partial charge in [0.15, 0.2) is 6.61 Å². The predicted molar refractivity (Wildman–Crippen MR) is 106 cm³/mol. The van der Waals surface area contributed by atoms with E-state index < -0.39 is 0 Å². The first-order chi connectivity index (χ1) is 13.2. The number of rotatable bonds is 6. The van der Waals surface area contributed by atoms with E-state index in [9.17, 15) is 9.59 Å². The molecule has 0 bridgehead atoms. The van der Waals surface area contributed by atoms with Crippen LogP contribution in [0.3, 0.4) is 0 Å². The Bertz CT molecular complexity index is 753. The van der Waals surface area contributed by atoms with Crippen LogP contribution in [-0.4, -0.2) is 24.5 Å². The van der Waals surface area contributed by atoms with Gasteiger partial charge in [0, 0.05) is 11.7 Å². The summed E-state index contributed by atoms with van der Waals surface area (Å²) in [5.41, 5.74) is 1.12. The molecule has 0 heterocycles. The van der Waals surface area contributed by atoms with Crippen molar-refractivity contribution in [3.8, 4) is 5.75 Å². The van der Waals surface area contributed by atoms with Gasteiger partial charge >= 0.3 is 0 Å². The molecule has 2 aromatic carbocycles. The molecule has 2 amide bonds. The summed E-state index contributed by atoms with van der Waals surface area (Å²) in [6.45, 7) is -0.0911. The second-order valence-corrected chi connectivity index (χ2v) is 6.86. The van der Waals surface area contributed by atoms with Crippen molar-refractivity contribution in [3.05, 3.63) is 60.2 Å². The van der Waals surface area contributed by atoms with Crippen LogP contribution in [0.1, 0.15) is 48.9 Å². The van der Waals surface area contributed by atoms with Crippen molar-refractivity contribution in [1.29, 1.82) is 0 Å². The van der Waals surface area contributed by atoms with Gasteiger partial charge in [-0.05, 0) is 37.1 Å². The van der Waals surface area contributed by atoms with Crippen LogP contribution in [0.2, 0.25) is 0 Å². The van der Waals surface area contributed by atoms with E-state index in [1.807, 2.05) is 30.3 Å². The molecular weight excluding hydrogens is 340 g/mol. The Morgan fingerprint density at radius 2 is 1.56 bits per heavy atom. The summed E-state index contributed by atoms with van der Waals surface area (Å²) in [5, 5.41) is 5.89. The molecule has 0 unspecified atom stereocenters. The van der Waals surface area contributed by atoms with Gasteiger partial charge in [0.1, 0.15) is 5.75 Å². The van der Waals surface area contributed by atoms with E-state index >= 15 is 0 Å². The zero-order valence-corrected chi connectivity index (χ0v) is 15.4. The highest BCUT2D eigenvalue weighted by atomic mass is 16.5. The highest BCUT2D eigenvalue weighted by molar-refractivity contribution is 6.06. The fraction of sp³-hybridized carbons (Fsp3) is 0.364. The first-order valence-electron chi connectivity index (χ1n) is 9.60. The van der Waals surface area contributed by atoms with Crippen LogP contribution in [0.5, 0.6) is 5.75 Å². The molecular formula is C22H26N2O3. The minimum Gasteiger partial charge on any atom is -0.483 e. The lowest BCUT2D eigenvalue weighted by Crippen LogP contribution is -2.37. The van der Waals surface area contributed by atoms with Crippen LogP contribution in [-0.2, 0) is 4.79 Å². The molecule has 2 N–H and O–H groups in total. The first-order valence-corrected chi connectivity index (χ1v) is 9.60. The molecule has 1 aliphatic carbocycles. The molecule has 0 saturated heterocycles. The number of hydrogen-bond donors (Lipinski definition) is 2. The van der Waals surface area contributed by atoms with Crippen molar-refractivity contribution in [2.75, 3.05) is 11.9 Å². The molecule has 3 rings (SSSR count). The molecule has 5 heteroatoms. The minimum atomic E-state index is -0.263. The van der Waals surface area contributed by atoms with Gasteiger partial charge in [0.05, 0.1) is 5.56 Å². The third-order valence-electron chi connectivity index (χ3n) is 4.74. The Balaban J connectivity index is 1.57. The van der Waals surface area contributed by atoms with Gasteiger partial charge in [-0.25, -0.2) is 0 Å². The smallest absolute Gasteiger partial charge is 0.259 e. The number of carbonyl (C=O) groups excluding carboxylic acids is 2. The molecule has 2 aromatic rings. The third kappa shape index (κ3) is 5.84. The average molecular weight is 366 g/mol. The van der Waals surface area contributed by atoms with E-state index in [1.54, 1.807) is 24.3 Å². The molecule has 27 heavy (non-hydrogen) atoms. The molecule has 142 valence electrons. The summed E-state index contributed by atoms with van der Waals surface area (Å²) in [6, 6.07) is 16.4. The number of para-hydroxylation sites is 2. The molecule has 0 atom stereocenters. The second kappa shape index (κ2) is 9.76. The van der Waals surface area contributed by atoms with Crippen molar-refractivity contribution in [3.63, 3.8) is 0 Å². The number of nitrogens with one attached hydrogen (secondary N) is 2. The number of amides is 2. The Hall–Kier alpha value is -2.82. The Kier molecular flexibility index (Phi) is 6.85. The van der Waals surface area contributed by atoms with Crippen LogP contribution < -0.4 is 15.4 Å². The van der Waals surface area contributed by atoms with Crippen LogP contribution in [0.15, 0.2) is 54.6 Å². The first kappa shape index (κ1) is 19.0. The molecule has 0 aliphatic heterocycles. The summed E-state index contributed by atoms with van der Waals surface area (Å²) < 4.78 is 5.66. The highest BCUT2D eigenvalue weighted by Crippen LogP contribution is 2.20. The Morgan fingerprint density at radius 1 is 0.889 bits per heavy atom. The maximum Gasteiger partial charge on any atom is 0.259 e. The standard InChI is InChI=1S/C22H26N2O3/c25-21(23-17-10-4-1-2-5-11-17)16-27-20-15-9-8-14-19(20)22(26)24-18-12-6-3-7-13-18/h3,6-9,12-15,17H,1-2,4-5,10-11,16H2,(H,23,25)(H,24,26). The van der Waals surface area contributed by atoms with Gasteiger partial charge < -0.3 is 15.4 Å². The van der Waals surface area contributed by atoms with E-state index in [-0.39, 0.29) is 24.5 Å². The van der Waals surface area contributed by atoms with Gasteiger partial charge in [-0.2, -0.15) is 0 Å². The normalized spacial score (nSPS) is 14.8. The van der Waals surface area contributed by atoms with Gasteiger partial charge in [-0.15, -0.1) is 0 Å². The van der Waals surface area contributed by atoms with Crippen molar-refractivity contribution >= 4 is 17.5 Å². The van der Waals surface area contributed by atoms with Crippen LogP contribution in [0, 0.1) is 0 Å². The van der Waals surface area contributed by atoms with Crippen LogP contribution >= 0.6 is 0 Å². The molecule has 5 nitrogen and oxygen atoms in total. The van der Waals surface area contributed by atoms with Crippen LogP contribution in [0.4, 0.5) is 5.69 Å². The minimum absolute atomic E-state index is 0.0911. The quantitative estimate of drug-likeness (QED) is 0.755. The highest BCUT2D eigenvalue weighted by Gasteiger charge is 2.17. The average Bonchev–Trinajstić information content (AvgIpc) is 2.96. The molecule has 0 radical (unpaired) electrons.